The van der Waals surface area contributed by atoms with E-state index in [2.05, 4.69) is 20.5 Å². The Kier molecular flexibility index (Phi) is 6.51. The van der Waals surface area contributed by atoms with Crippen LogP contribution in [0.5, 0.6) is 5.75 Å². The van der Waals surface area contributed by atoms with Crippen LogP contribution in [0.15, 0.2) is 72.1 Å². The largest absolute Gasteiger partial charge is 0.497 e. The Labute approximate surface area is 190 Å². The van der Waals surface area contributed by atoms with Crippen molar-refractivity contribution in [1.29, 1.82) is 0 Å². The number of anilines is 1. The highest BCUT2D eigenvalue weighted by molar-refractivity contribution is 7.99. The summed E-state index contributed by atoms with van der Waals surface area (Å²) in [5.41, 5.74) is 4.60. The standard InChI is InChI=1S/C24H23N5O2S/c1-16-9-10-17(2)21(12-16)26-22(30)15-32-24-28-27-23(18-6-5-11-25-14-18)29(24)19-7-4-8-20(13-19)31-3/h4-14H,15H2,1-3H3,(H,26,30). The van der Waals surface area contributed by atoms with Gasteiger partial charge in [-0.2, -0.15) is 0 Å². The summed E-state index contributed by atoms with van der Waals surface area (Å²) in [4.78, 5) is 16.9. The number of nitrogens with zero attached hydrogens (tertiary/aromatic N) is 4. The summed E-state index contributed by atoms with van der Waals surface area (Å²) in [5, 5.41) is 12.3. The molecule has 2 aromatic heterocycles. The number of hydrogen-bond donors (Lipinski definition) is 1. The molecule has 162 valence electrons. The van der Waals surface area contributed by atoms with E-state index in [1.165, 1.54) is 11.8 Å². The van der Waals surface area contributed by atoms with Crippen LogP contribution in [0.4, 0.5) is 5.69 Å². The normalized spacial score (nSPS) is 10.7. The lowest BCUT2D eigenvalue weighted by atomic mass is 10.1. The van der Waals surface area contributed by atoms with Gasteiger partial charge in [0.1, 0.15) is 5.75 Å². The van der Waals surface area contributed by atoms with Crippen molar-refractivity contribution in [2.75, 3.05) is 18.2 Å². The quantitative estimate of drug-likeness (QED) is 0.416. The predicted molar refractivity (Wildman–Crippen MR) is 126 cm³/mol. The number of amides is 1. The second-order valence-electron chi connectivity index (χ2n) is 7.24. The Hall–Kier alpha value is -3.65. The summed E-state index contributed by atoms with van der Waals surface area (Å²) in [7, 11) is 1.63. The minimum absolute atomic E-state index is 0.105. The summed E-state index contributed by atoms with van der Waals surface area (Å²) in [5.74, 6) is 1.45. The van der Waals surface area contributed by atoms with Crippen LogP contribution in [0.3, 0.4) is 0 Å². The van der Waals surface area contributed by atoms with E-state index >= 15 is 0 Å². The number of hydrogen-bond acceptors (Lipinski definition) is 6. The Balaban J connectivity index is 1.61. The van der Waals surface area contributed by atoms with Gasteiger partial charge in [-0.15, -0.1) is 10.2 Å². The molecule has 1 N–H and O–H groups in total. The molecular formula is C24H23N5O2S. The maximum absolute atomic E-state index is 12.7. The smallest absolute Gasteiger partial charge is 0.234 e. The van der Waals surface area contributed by atoms with Crippen molar-refractivity contribution in [2.45, 2.75) is 19.0 Å². The van der Waals surface area contributed by atoms with Crippen LogP contribution in [0, 0.1) is 13.8 Å². The van der Waals surface area contributed by atoms with Crippen molar-refractivity contribution < 1.29 is 9.53 Å². The molecule has 0 aliphatic rings. The molecule has 4 rings (SSSR count). The molecular weight excluding hydrogens is 422 g/mol. The number of ether oxygens (including phenoxy) is 1. The molecule has 32 heavy (non-hydrogen) atoms. The van der Waals surface area contributed by atoms with Crippen molar-refractivity contribution in [2.24, 2.45) is 0 Å². The van der Waals surface area contributed by atoms with Crippen LogP contribution >= 0.6 is 11.8 Å². The first-order valence-electron chi connectivity index (χ1n) is 10.1. The second-order valence-corrected chi connectivity index (χ2v) is 8.18. The number of carbonyl (C=O) groups excluding carboxylic acids is 1. The Morgan fingerprint density at radius 2 is 1.97 bits per heavy atom. The van der Waals surface area contributed by atoms with E-state index < -0.39 is 0 Å². The molecule has 7 nitrogen and oxygen atoms in total. The van der Waals surface area contributed by atoms with E-state index in [-0.39, 0.29) is 11.7 Å². The molecule has 0 bridgehead atoms. The number of aryl methyl sites for hydroxylation is 2. The highest BCUT2D eigenvalue weighted by atomic mass is 32.2. The fraction of sp³-hybridized carbons (Fsp3) is 0.167. The van der Waals surface area contributed by atoms with Gasteiger partial charge in [0.05, 0.1) is 18.6 Å². The van der Waals surface area contributed by atoms with E-state index in [0.717, 1.165) is 33.8 Å². The van der Waals surface area contributed by atoms with Gasteiger partial charge >= 0.3 is 0 Å². The van der Waals surface area contributed by atoms with Crippen LogP contribution in [0.25, 0.3) is 17.1 Å². The Bertz CT molecular complexity index is 1240. The average molecular weight is 446 g/mol. The van der Waals surface area contributed by atoms with E-state index in [9.17, 15) is 4.79 Å². The van der Waals surface area contributed by atoms with Gasteiger partial charge in [0, 0.05) is 29.7 Å². The fourth-order valence-electron chi connectivity index (χ4n) is 3.21. The molecule has 1 amide bonds. The zero-order valence-corrected chi connectivity index (χ0v) is 18.9. The lowest BCUT2D eigenvalue weighted by Gasteiger charge is -2.12. The first-order chi connectivity index (χ1) is 15.5. The number of benzene rings is 2. The SMILES string of the molecule is COc1cccc(-n2c(SCC(=O)Nc3cc(C)ccc3C)nnc2-c2cccnc2)c1. The molecule has 0 spiro atoms. The number of methoxy groups -OCH3 is 1. The van der Waals surface area contributed by atoms with Crippen molar-refractivity contribution in [3.05, 3.63) is 78.1 Å². The van der Waals surface area contributed by atoms with Gasteiger partial charge < -0.3 is 10.1 Å². The molecule has 2 heterocycles. The topological polar surface area (TPSA) is 81.9 Å². The zero-order valence-electron chi connectivity index (χ0n) is 18.1. The molecule has 0 radical (unpaired) electrons. The summed E-state index contributed by atoms with van der Waals surface area (Å²) >= 11 is 1.32. The Morgan fingerprint density at radius 1 is 1.09 bits per heavy atom. The van der Waals surface area contributed by atoms with E-state index in [4.69, 9.17) is 4.74 Å². The van der Waals surface area contributed by atoms with E-state index in [1.807, 2.05) is 73.0 Å². The summed E-state index contributed by atoms with van der Waals surface area (Å²) < 4.78 is 7.30. The first-order valence-corrected chi connectivity index (χ1v) is 11.0. The predicted octanol–water partition coefficient (Wildman–Crippen LogP) is 4.69. The summed E-state index contributed by atoms with van der Waals surface area (Å²) in [6.45, 7) is 3.97. The number of rotatable bonds is 7. The number of nitrogens with one attached hydrogen (secondary N) is 1. The molecule has 8 heteroatoms. The van der Waals surface area contributed by atoms with Gasteiger partial charge in [-0.05, 0) is 55.3 Å². The van der Waals surface area contributed by atoms with Crippen LogP contribution in [0.1, 0.15) is 11.1 Å². The monoisotopic (exact) mass is 445 g/mol. The fourth-order valence-corrected chi connectivity index (χ4v) is 3.97. The van der Waals surface area contributed by atoms with Gasteiger partial charge in [-0.1, -0.05) is 30.0 Å². The highest BCUT2D eigenvalue weighted by Gasteiger charge is 2.18. The third-order valence-electron chi connectivity index (χ3n) is 4.86. The van der Waals surface area contributed by atoms with Crippen molar-refractivity contribution in [1.82, 2.24) is 19.7 Å². The van der Waals surface area contributed by atoms with Crippen LogP contribution in [-0.2, 0) is 4.79 Å². The summed E-state index contributed by atoms with van der Waals surface area (Å²) in [6.07, 6.45) is 3.45. The van der Waals surface area contributed by atoms with Crippen molar-refractivity contribution >= 4 is 23.4 Å². The van der Waals surface area contributed by atoms with Crippen LogP contribution < -0.4 is 10.1 Å². The molecule has 0 atom stereocenters. The highest BCUT2D eigenvalue weighted by Crippen LogP contribution is 2.29. The number of thioether (sulfide) groups is 1. The molecule has 4 aromatic rings. The molecule has 0 saturated heterocycles. The molecule has 0 aliphatic carbocycles. The lowest BCUT2D eigenvalue weighted by Crippen LogP contribution is -2.15. The molecule has 2 aromatic carbocycles. The number of carbonyl (C=O) groups is 1. The van der Waals surface area contributed by atoms with Gasteiger partial charge in [0.25, 0.3) is 0 Å². The third kappa shape index (κ3) is 4.81. The van der Waals surface area contributed by atoms with Gasteiger partial charge in [-0.3, -0.25) is 14.3 Å². The number of aromatic nitrogens is 4. The average Bonchev–Trinajstić information content (AvgIpc) is 3.25. The molecule has 0 fully saturated rings. The Morgan fingerprint density at radius 3 is 2.75 bits per heavy atom. The van der Waals surface area contributed by atoms with Gasteiger partial charge in [-0.25, -0.2) is 0 Å². The van der Waals surface area contributed by atoms with Crippen LogP contribution in [0.2, 0.25) is 0 Å². The molecule has 0 aliphatic heterocycles. The lowest BCUT2D eigenvalue weighted by molar-refractivity contribution is -0.113. The molecule has 0 unspecified atom stereocenters. The van der Waals surface area contributed by atoms with Gasteiger partial charge in [0.2, 0.25) is 5.91 Å². The second kappa shape index (κ2) is 9.65. The van der Waals surface area contributed by atoms with E-state index in [1.54, 1.807) is 19.5 Å². The summed E-state index contributed by atoms with van der Waals surface area (Å²) in [6, 6.07) is 17.4. The third-order valence-corrected chi connectivity index (χ3v) is 5.79. The molecule has 0 saturated carbocycles. The van der Waals surface area contributed by atoms with Gasteiger partial charge in [0.15, 0.2) is 11.0 Å². The minimum atomic E-state index is -0.105. The first kappa shape index (κ1) is 21.6. The van der Waals surface area contributed by atoms with Crippen LogP contribution in [-0.4, -0.2) is 38.5 Å². The maximum atomic E-state index is 12.7. The number of pyridine rings is 1. The van der Waals surface area contributed by atoms with E-state index in [0.29, 0.717) is 11.0 Å². The van der Waals surface area contributed by atoms with Crippen molar-refractivity contribution in [3.8, 4) is 22.8 Å². The van der Waals surface area contributed by atoms with Crippen molar-refractivity contribution in [3.63, 3.8) is 0 Å². The minimum Gasteiger partial charge on any atom is -0.497 e. The zero-order chi connectivity index (χ0) is 22.5. The maximum Gasteiger partial charge on any atom is 0.234 e.